The average Bonchev–Trinajstić information content (AvgIpc) is 3.01. The monoisotopic (exact) mass is 325 g/mol. The molecule has 0 unspecified atom stereocenters. The quantitative estimate of drug-likeness (QED) is 0.768. The molecule has 1 aromatic rings. The molecule has 0 bridgehead atoms. The summed E-state index contributed by atoms with van der Waals surface area (Å²) in [5, 5.41) is 0. The maximum absolute atomic E-state index is 12.1. The zero-order chi connectivity index (χ0) is 17.4. The van der Waals surface area contributed by atoms with Crippen LogP contribution in [0.5, 0.6) is 0 Å². The fraction of sp³-hybridized carbons (Fsp3) is 0.524. The maximum Gasteiger partial charge on any atom is 0.254 e. The molecule has 0 saturated carbocycles. The molecular formula is C21H27NO2. The molecule has 24 heavy (non-hydrogen) atoms. The van der Waals surface area contributed by atoms with Crippen LogP contribution in [0.4, 0.5) is 0 Å². The smallest absolute Gasteiger partial charge is 0.254 e. The molecular weight excluding hydrogens is 298 g/mol. The third-order valence-electron chi connectivity index (χ3n) is 4.86. The predicted molar refractivity (Wildman–Crippen MR) is 95.6 cm³/mol. The van der Waals surface area contributed by atoms with E-state index in [1.807, 2.05) is 0 Å². The van der Waals surface area contributed by atoms with E-state index in [0.29, 0.717) is 11.8 Å². The largest absolute Gasteiger partial charge is 0.269 e. The van der Waals surface area contributed by atoms with Gasteiger partial charge in [0, 0.05) is 12.2 Å². The highest BCUT2D eigenvalue weighted by Crippen LogP contribution is 2.41. The number of fused-ring (bicyclic) bond motifs is 1. The first kappa shape index (κ1) is 16.9. The van der Waals surface area contributed by atoms with E-state index in [-0.39, 0.29) is 17.9 Å². The molecule has 3 rings (SSSR count). The Kier molecular flexibility index (Phi) is 4.62. The molecule has 128 valence electrons. The first-order valence-electron chi connectivity index (χ1n) is 9.06. The van der Waals surface area contributed by atoms with E-state index >= 15 is 0 Å². The molecule has 2 aliphatic rings. The van der Waals surface area contributed by atoms with Gasteiger partial charge in [0.05, 0.1) is 6.04 Å². The van der Waals surface area contributed by atoms with E-state index in [1.165, 1.54) is 39.3 Å². The van der Waals surface area contributed by atoms with Gasteiger partial charge in [-0.2, -0.15) is 0 Å². The molecule has 1 aliphatic heterocycles. The van der Waals surface area contributed by atoms with Gasteiger partial charge in [-0.15, -0.1) is 0 Å². The van der Waals surface area contributed by atoms with Gasteiger partial charge in [-0.3, -0.25) is 14.5 Å². The van der Waals surface area contributed by atoms with Crippen molar-refractivity contribution in [3.05, 3.63) is 46.5 Å². The van der Waals surface area contributed by atoms with Crippen LogP contribution in [0.3, 0.4) is 0 Å². The number of imide groups is 1. The second-order valence-corrected chi connectivity index (χ2v) is 7.96. The minimum absolute atomic E-state index is 0.0863. The highest BCUT2D eigenvalue weighted by Gasteiger charge is 2.37. The van der Waals surface area contributed by atoms with Crippen LogP contribution in [0, 0.1) is 11.8 Å². The first-order chi connectivity index (χ1) is 11.4. The topological polar surface area (TPSA) is 37.4 Å². The minimum Gasteiger partial charge on any atom is -0.269 e. The molecule has 0 fully saturated rings. The molecule has 1 atom stereocenters. The van der Waals surface area contributed by atoms with Crippen LogP contribution in [0.2, 0.25) is 0 Å². The number of carbonyl (C=O) groups excluding carboxylic acids is 2. The SMILES string of the molecule is CC(C)Cc1cc2c(c(CC(C)C)c1)[C@@H](N1C(=O)C=CC1=O)CC2. The lowest BCUT2D eigenvalue weighted by Crippen LogP contribution is -2.33. The summed E-state index contributed by atoms with van der Waals surface area (Å²) in [6.45, 7) is 8.93. The number of amides is 2. The average molecular weight is 325 g/mol. The Morgan fingerprint density at radius 2 is 1.62 bits per heavy atom. The third-order valence-corrected chi connectivity index (χ3v) is 4.86. The number of hydrogen-bond donors (Lipinski definition) is 0. The number of carbonyl (C=O) groups is 2. The van der Waals surface area contributed by atoms with E-state index in [1.54, 1.807) is 0 Å². The van der Waals surface area contributed by atoms with Crippen LogP contribution in [-0.4, -0.2) is 16.7 Å². The molecule has 1 aliphatic carbocycles. The van der Waals surface area contributed by atoms with Crippen molar-refractivity contribution in [3.8, 4) is 0 Å². The molecule has 1 aromatic carbocycles. The van der Waals surface area contributed by atoms with Gasteiger partial charge in [0.1, 0.15) is 0 Å². The Morgan fingerprint density at radius 3 is 2.21 bits per heavy atom. The van der Waals surface area contributed by atoms with Gasteiger partial charge >= 0.3 is 0 Å². The van der Waals surface area contributed by atoms with Crippen LogP contribution in [0.25, 0.3) is 0 Å². The molecule has 2 amide bonds. The number of benzene rings is 1. The van der Waals surface area contributed by atoms with Crippen LogP contribution in [0.1, 0.15) is 62.4 Å². The van der Waals surface area contributed by atoms with Gasteiger partial charge in [0.2, 0.25) is 0 Å². The summed E-state index contributed by atoms with van der Waals surface area (Å²) in [6, 6.07) is 4.53. The second kappa shape index (κ2) is 6.54. The lowest BCUT2D eigenvalue weighted by atomic mass is 9.89. The molecule has 0 aromatic heterocycles. The molecule has 0 N–H and O–H groups in total. The van der Waals surface area contributed by atoms with E-state index in [9.17, 15) is 9.59 Å². The Bertz CT molecular complexity index is 682. The standard InChI is InChI=1S/C21H27NO2/c1-13(2)9-15-11-16-5-6-18(22-19(23)7-8-20(22)24)21(16)17(12-15)10-14(3)4/h7-8,11-14,18H,5-6,9-10H2,1-4H3/t18-/m0/s1. The summed E-state index contributed by atoms with van der Waals surface area (Å²) in [4.78, 5) is 25.7. The Labute approximate surface area is 144 Å². The van der Waals surface area contributed by atoms with Crippen molar-refractivity contribution in [2.24, 2.45) is 11.8 Å². The van der Waals surface area contributed by atoms with Gasteiger partial charge in [-0.05, 0) is 59.8 Å². The van der Waals surface area contributed by atoms with E-state index in [4.69, 9.17) is 0 Å². The van der Waals surface area contributed by atoms with Crippen LogP contribution in [-0.2, 0) is 28.9 Å². The molecule has 0 radical (unpaired) electrons. The van der Waals surface area contributed by atoms with Gasteiger partial charge in [0.15, 0.2) is 0 Å². The molecule has 1 heterocycles. The summed E-state index contributed by atoms with van der Waals surface area (Å²) in [5.41, 5.74) is 5.29. The Morgan fingerprint density at radius 1 is 1.00 bits per heavy atom. The van der Waals surface area contributed by atoms with Gasteiger partial charge < -0.3 is 0 Å². The normalized spacial score (nSPS) is 19.9. The molecule has 0 saturated heterocycles. The molecule has 0 spiro atoms. The minimum atomic E-state index is -0.167. The summed E-state index contributed by atoms with van der Waals surface area (Å²) >= 11 is 0. The highest BCUT2D eigenvalue weighted by molar-refractivity contribution is 6.13. The predicted octanol–water partition coefficient (Wildman–Crippen LogP) is 4.00. The highest BCUT2D eigenvalue weighted by atomic mass is 16.2. The van der Waals surface area contributed by atoms with Crippen molar-refractivity contribution in [1.82, 2.24) is 4.90 Å². The van der Waals surface area contributed by atoms with Crippen molar-refractivity contribution >= 4 is 11.8 Å². The fourth-order valence-corrected chi connectivity index (χ4v) is 4.10. The van der Waals surface area contributed by atoms with Crippen molar-refractivity contribution in [2.45, 2.75) is 59.4 Å². The van der Waals surface area contributed by atoms with Gasteiger partial charge in [-0.25, -0.2) is 0 Å². The fourth-order valence-electron chi connectivity index (χ4n) is 4.10. The van der Waals surface area contributed by atoms with E-state index < -0.39 is 0 Å². The Hall–Kier alpha value is -1.90. The summed E-state index contributed by atoms with van der Waals surface area (Å²) in [7, 11) is 0. The van der Waals surface area contributed by atoms with Crippen molar-refractivity contribution in [1.29, 1.82) is 0 Å². The number of hydrogen-bond acceptors (Lipinski definition) is 2. The molecule has 3 nitrogen and oxygen atoms in total. The number of aryl methyl sites for hydroxylation is 1. The van der Waals surface area contributed by atoms with Crippen molar-refractivity contribution < 1.29 is 9.59 Å². The van der Waals surface area contributed by atoms with Crippen LogP contribution < -0.4 is 0 Å². The number of nitrogens with zero attached hydrogens (tertiary/aromatic N) is 1. The zero-order valence-corrected chi connectivity index (χ0v) is 15.1. The van der Waals surface area contributed by atoms with Gasteiger partial charge in [0.25, 0.3) is 11.8 Å². The number of rotatable bonds is 5. The van der Waals surface area contributed by atoms with Crippen molar-refractivity contribution in [3.63, 3.8) is 0 Å². The third kappa shape index (κ3) is 3.17. The summed E-state index contributed by atoms with van der Waals surface area (Å²) in [5.74, 6) is 0.838. The Balaban J connectivity index is 2.02. The lowest BCUT2D eigenvalue weighted by molar-refractivity contribution is -0.139. The maximum atomic E-state index is 12.1. The first-order valence-corrected chi connectivity index (χ1v) is 9.06. The van der Waals surface area contributed by atoms with E-state index in [2.05, 4.69) is 39.8 Å². The molecule has 3 heteroatoms. The second-order valence-electron chi connectivity index (χ2n) is 7.96. The summed E-state index contributed by atoms with van der Waals surface area (Å²) < 4.78 is 0. The lowest BCUT2D eigenvalue weighted by Gasteiger charge is -2.26. The van der Waals surface area contributed by atoms with Crippen molar-refractivity contribution in [2.75, 3.05) is 0 Å². The van der Waals surface area contributed by atoms with E-state index in [0.717, 1.165) is 25.7 Å². The zero-order valence-electron chi connectivity index (χ0n) is 15.1. The van der Waals surface area contributed by atoms with Crippen LogP contribution >= 0.6 is 0 Å². The summed E-state index contributed by atoms with van der Waals surface area (Å²) in [6.07, 6.45) is 6.67. The van der Waals surface area contributed by atoms with Gasteiger partial charge in [-0.1, -0.05) is 39.8 Å². The van der Waals surface area contributed by atoms with Crippen LogP contribution in [0.15, 0.2) is 24.3 Å².